The fourth-order valence-corrected chi connectivity index (χ4v) is 3.58. The number of halogens is 1. The molecule has 0 saturated carbocycles. The van der Waals surface area contributed by atoms with Crippen LogP contribution in [0.25, 0.3) is 0 Å². The van der Waals surface area contributed by atoms with Gasteiger partial charge in [0.15, 0.2) is 9.84 Å². The number of hydrogen-bond donors (Lipinski definition) is 1. The number of nitrogens with zero attached hydrogens (tertiary/aromatic N) is 2. The lowest BCUT2D eigenvalue weighted by Gasteiger charge is -2.19. The standard InChI is InChI=1S/C17H18BrN3O5S/c1-11-8-12(18)4-6-14(11)19-17(22)10-20(2)15-7-5-13(27(3,25)26)9-16(15)21(23)24/h4-9H,10H2,1-3H3,(H,19,22). The summed E-state index contributed by atoms with van der Waals surface area (Å²) in [6.45, 7) is 1.70. The molecule has 0 bridgehead atoms. The lowest BCUT2D eigenvalue weighted by atomic mass is 10.2. The third kappa shape index (κ3) is 5.27. The van der Waals surface area contributed by atoms with Crippen molar-refractivity contribution in [2.45, 2.75) is 11.8 Å². The molecular weight excluding hydrogens is 438 g/mol. The molecule has 0 fully saturated rings. The van der Waals surface area contributed by atoms with Crippen LogP contribution >= 0.6 is 15.9 Å². The Morgan fingerprint density at radius 3 is 2.48 bits per heavy atom. The van der Waals surface area contributed by atoms with E-state index in [9.17, 15) is 23.3 Å². The number of nitrogens with one attached hydrogen (secondary N) is 1. The highest BCUT2D eigenvalue weighted by Crippen LogP contribution is 2.30. The van der Waals surface area contributed by atoms with Crippen LogP contribution in [0, 0.1) is 17.0 Å². The van der Waals surface area contributed by atoms with Gasteiger partial charge in [0.05, 0.1) is 16.4 Å². The fourth-order valence-electron chi connectivity index (χ4n) is 2.46. The Morgan fingerprint density at radius 1 is 1.26 bits per heavy atom. The highest BCUT2D eigenvalue weighted by molar-refractivity contribution is 9.10. The van der Waals surface area contributed by atoms with Crippen molar-refractivity contribution in [2.24, 2.45) is 0 Å². The largest absolute Gasteiger partial charge is 0.360 e. The van der Waals surface area contributed by atoms with Gasteiger partial charge in [-0.3, -0.25) is 14.9 Å². The van der Waals surface area contributed by atoms with E-state index in [1.54, 1.807) is 12.1 Å². The highest BCUT2D eigenvalue weighted by atomic mass is 79.9. The molecule has 10 heteroatoms. The van der Waals surface area contributed by atoms with Crippen LogP contribution in [0.3, 0.4) is 0 Å². The summed E-state index contributed by atoms with van der Waals surface area (Å²) in [7, 11) is -2.06. The Morgan fingerprint density at radius 2 is 1.93 bits per heavy atom. The molecule has 0 radical (unpaired) electrons. The minimum atomic E-state index is -3.58. The van der Waals surface area contributed by atoms with E-state index < -0.39 is 14.8 Å². The molecule has 2 rings (SSSR count). The van der Waals surface area contributed by atoms with Crippen LogP contribution in [0.1, 0.15) is 5.56 Å². The number of carbonyl (C=O) groups is 1. The van der Waals surface area contributed by atoms with Crippen molar-refractivity contribution in [1.82, 2.24) is 0 Å². The third-order valence-corrected chi connectivity index (χ3v) is 5.43. The first-order chi connectivity index (χ1) is 12.5. The molecule has 0 aromatic heterocycles. The third-order valence-electron chi connectivity index (χ3n) is 3.83. The van der Waals surface area contributed by atoms with Crippen molar-refractivity contribution in [1.29, 1.82) is 0 Å². The molecule has 0 atom stereocenters. The quantitative estimate of drug-likeness (QED) is 0.528. The molecule has 2 aromatic carbocycles. The van der Waals surface area contributed by atoms with Gasteiger partial charge in [0.25, 0.3) is 5.69 Å². The zero-order valence-electron chi connectivity index (χ0n) is 14.9. The summed E-state index contributed by atoms with van der Waals surface area (Å²) in [6, 6.07) is 9.01. The molecule has 0 aliphatic rings. The van der Waals surface area contributed by atoms with Gasteiger partial charge >= 0.3 is 0 Å². The summed E-state index contributed by atoms with van der Waals surface area (Å²) in [5.74, 6) is -0.357. The Balaban J connectivity index is 2.23. The number of likely N-dealkylation sites (N-methyl/N-ethyl adjacent to an activating group) is 1. The predicted octanol–water partition coefficient (Wildman–Crippen LogP) is 3.14. The van der Waals surface area contributed by atoms with Gasteiger partial charge in [-0.2, -0.15) is 0 Å². The molecule has 27 heavy (non-hydrogen) atoms. The molecule has 0 aliphatic heterocycles. The molecule has 1 N–H and O–H groups in total. The van der Waals surface area contributed by atoms with E-state index in [1.165, 1.54) is 24.1 Å². The molecule has 8 nitrogen and oxygen atoms in total. The smallest absolute Gasteiger partial charge is 0.293 e. The average molecular weight is 456 g/mol. The number of aryl methyl sites for hydroxylation is 1. The van der Waals surface area contributed by atoms with Crippen molar-refractivity contribution < 1.29 is 18.1 Å². The highest BCUT2D eigenvalue weighted by Gasteiger charge is 2.22. The van der Waals surface area contributed by atoms with Crippen LogP contribution in [0.4, 0.5) is 17.1 Å². The number of sulfone groups is 1. The summed E-state index contributed by atoms with van der Waals surface area (Å²) >= 11 is 3.35. The first kappa shape index (κ1) is 20.8. The van der Waals surface area contributed by atoms with Gasteiger partial charge in [-0.25, -0.2) is 8.42 Å². The zero-order valence-corrected chi connectivity index (χ0v) is 17.3. The maximum absolute atomic E-state index is 12.3. The van der Waals surface area contributed by atoms with Gasteiger partial charge in [0.1, 0.15) is 5.69 Å². The average Bonchev–Trinajstić information content (AvgIpc) is 2.56. The lowest BCUT2D eigenvalue weighted by molar-refractivity contribution is -0.384. The number of nitro benzene ring substituents is 1. The number of rotatable bonds is 6. The SMILES string of the molecule is Cc1cc(Br)ccc1NC(=O)CN(C)c1ccc(S(C)(=O)=O)cc1[N+](=O)[O-]. The monoisotopic (exact) mass is 455 g/mol. The molecule has 0 heterocycles. The molecular formula is C17H18BrN3O5S. The molecule has 0 aliphatic carbocycles. The van der Waals surface area contributed by atoms with E-state index in [4.69, 9.17) is 0 Å². The van der Waals surface area contributed by atoms with Gasteiger partial charge in [-0.1, -0.05) is 15.9 Å². The van der Waals surface area contributed by atoms with Crippen molar-refractivity contribution in [3.8, 4) is 0 Å². The number of amides is 1. The van der Waals surface area contributed by atoms with Gasteiger partial charge in [-0.05, 0) is 42.8 Å². The Kier molecular flexibility index (Phi) is 6.22. The van der Waals surface area contributed by atoms with E-state index in [1.807, 2.05) is 13.0 Å². The van der Waals surface area contributed by atoms with E-state index in [-0.39, 0.29) is 28.7 Å². The molecule has 0 unspecified atom stereocenters. The molecule has 144 valence electrons. The fraction of sp³-hybridized carbons (Fsp3) is 0.235. The maximum atomic E-state index is 12.3. The molecule has 0 spiro atoms. The van der Waals surface area contributed by atoms with E-state index >= 15 is 0 Å². The number of anilines is 2. The second kappa shape index (κ2) is 8.05. The normalized spacial score (nSPS) is 11.1. The van der Waals surface area contributed by atoms with E-state index in [0.717, 1.165) is 22.4 Å². The summed E-state index contributed by atoms with van der Waals surface area (Å²) in [4.78, 5) is 24.2. The Bertz CT molecular complexity index is 1010. The van der Waals surface area contributed by atoms with Gasteiger partial charge in [0.2, 0.25) is 5.91 Å². The van der Waals surface area contributed by atoms with E-state index in [0.29, 0.717) is 5.69 Å². The summed E-state index contributed by atoms with van der Waals surface area (Å²) in [5, 5.41) is 14.1. The number of carbonyl (C=O) groups excluding carboxylic acids is 1. The molecule has 1 amide bonds. The molecule has 2 aromatic rings. The Hall–Kier alpha value is -2.46. The van der Waals surface area contributed by atoms with Crippen LogP contribution in [0.5, 0.6) is 0 Å². The number of hydrogen-bond acceptors (Lipinski definition) is 6. The van der Waals surface area contributed by atoms with Crippen LogP contribution in [-0.4, -0.2) is 39.1 Å². The van der Waals surface area contributed by atoms with Crippen LogP contribution in [0.2, 0.25) is 0 Å². The summed E-state index contributed by atoms with van der Waals surface area (Å²) < 4.78 is 24.1. The number of benzene rings is 2. The lowest BCUT2D eigenvalue weighted by Crippen LogP contribution is -2.30. The van der Waals surface area contributed by atoms with E-state index in [2.05, 4.69) is 21.2 Å². The first-order valence-electron chi connectivity index (χ1n) is 7.74. The van der Waals surface area contributed by atoms with Crippen molar-refractivity contribution in [3.05, 3.63) is 56.5 Å². The van der Waals surface area contributed by atoms with Crippen LogP contribution in [-0.2, 0) is 14.6 Å². The predicted molar refractivity (Wildman–Crippen MR) is 107 cm³/mol. The summed E-state index contributed by atoms with van der Waals surface area (Å²) in [6.07, 6.45) is 0.976. The minimum Gasteiger partial charge on any atom is -0.360 e. The number of nitro groups is 1. The van der Waals surface area contributed by atoms with Gasteiger partial charge in [-0.15, -0.1) is 0 Å². The summed E-state index contributed by atoms with van der Waals surface area (Å²) in [5.41, 5.74) is 1.27. The van der Waals surface area contributed by atoms with Crippen LogP contribution in [0.15, 0.2) is 45.8 Å². The second-order valence-electron chi connectivity index (χ2n) is 6.04. The zero-order chi connectivity index (χ0) is 20.4. The van der Waals surface area contributed by atoms with Crippen LogP contribution < -0.4 is 10.2 Å². The topological polar surface area (TPSA) is 110 Å². The van der Waals surface area contributed by atoms with Gasteiger partial charge in [0, 0.05) is 29.5 Å². The van der Waals surface area contributed by atoms with Crippen molar-refractivity contribution >= 4 is 48.7 Å². The van der Waals surface area contributed by atoms with Crippen molar-refractivity contribution in [2.75, 3.05) is 30.1 Å². The van der Waals surface area contributed by atoms with Gasteiger partial charge < -0.3 is 10.2 Å². The minimum absolute atomic E-state index is 0.144. The second-order valence-corrected chi connectivity index (χ2v) is 8.97. The molecule has 0 saturated heterocycles. The Labute approximate surface area is 165 Å². The van der Waals surface area contributed by atoms with Crippen molar-refractivity contribution in [3.63, 3.8) is 0 Å². The first-order valence-corrected chi connectivity index (χ1v) is 10.4. The maximum Gasteiger partial charge on any atom is 0.293 e.